The molecule has 0 aliphatic heterocycles. The molecule has 3 aliphatic rings. The Kier molecular flexibility index (Phi) is 12.3. The number of aliphatic imine (C=N–C) groups is 1. The summed E-state index contributed by atoms with van der Waals surface area (Å²) in [5.41, 5.74) is 2.08. The van der Waals surface area contributed by atoms with Crippen molar-refractivity contribution >= 4 is 23.2 Å². The molecule has 0 aromatic heterocycles. The minimum atomic E-state index is -0.826. The van der Waals surface area contributed by atoms with Gasteiger partial charge in [-0.25, -0.2) is 0 Å². The van der Waals surface area contributed by atoms with Gasteiger partial charge in [-0.2, -0.15) is 0 Å². The molecule has 0 spiro atoms. The number of halogens is 2. The Bertz CT molecular complexity index is 776. The molecule has 0 amide bonds. The number of hydrogen-bond acceptors (Lipinski definition) is 3. The van der Waals surface area contributed by atoms with Crippen LogP contribution >= 0.6 is 17.0 Å². The van der Waals surface area contributed by atoms with Gasteiger partial charge in [-0.05, 0) is 61.5 Å². The van der Waals surface area contributed by atoms with Crippen LogP contribution in [0.2, 0.25) is 0 Å². The van der Waals surface area contributed by atoms with E-state index in [1.165, 1.54) is 96.3 Å². The fourth-order valence-electron chi connectivity index (χ4n) is 6.70. The molecule has 1 aromatic rings. The van der Waals surface area contributed by atoms with Gasteiger partial charge >= 0.3 is 37.9 Å². The van der Waals surface area contributed by atoms with Crippen molar-refractivity contribution in [2.24, 2.45) is 16.8 Å². The second kappa shape index (κ2) is 14.6. The summed E-state index contributed by atoms with van der Waals surface area (Å²) in [6, 6.07) is 4.51. The molecular weight excluding hydrogens is 544 g/mol. The third-order valence-electron chi connectivity index (χ3n) is 8.61. The topological polar surface area (TPSA) is 41.8 Å². The van der Waals surface area contributed by atoms with Crippen LogP contribution in [0.4, 0.5) is 0 Å². The van der Waals surface area contributed by atoms with E-state index < -0.39 is 20.8 Å². The number of benzene rings is 1. The fourth-order valence-corrected chi connectivity index (χ4v) is 6.70. The van der Waals surface area contributed by atoms with Crippen LogP contribution in [-0.4, -0.2) is 24.5 Å². The van der Waals surface area contributed by atoms with Gasteiger partial charge in [0.15, 0.2) is 0 Å². The van der Waals surface area contributed by atoms with E-state index in [0.29, 0.717) is 17.7 Å². The number of nitrogens with zero attached hydrogens (tertiary/aromatic N) is 1. The van der Waals surface area contributed by atoms with Crippen LogP contribution < -0.4 is 4.74 Å². The predicted octanol–water partition coefficient (Wildman–Crippen LogP) is 8.95. The van der Waals surface area contributed by atoms with E-state index >= 15 is 0 Å². The molecular formula is C28H43Cl2NO2Zr. The van der Waals surface area contributed by atoms with Crippen molar-refractivity contribution in [3.63, 3.8) is 0 Å². The number of ether oxygens (including phenoxy) is 1. The van der Waals surface area contributed by atoms with Crippen molar-refractivity contribution in [3.8, 4) is 11.5 Å². The van der Waals surface area contributed by atoms with Crippen molar-refractivity contribution in [2.45, 2.75) is 115 Å². The molecule has 1 N–H and O–H groups in total. The Labute approximate surface area is 226 Å². The Morgan fingerprint density at radius 1 is 1.00 bits per heavy atom. The molecule has 2 unspecified atom stereocenters. The summed E-state index contributed by atoms with van der Waals surface area (Å²) in [7, 11) is 11.6. The molecule has 0 saturated heterocycles. The monoisotopic (exact) mass is 585 g/mol. The Morgan fingerprint density at radius 3 is 2.26 bits per heavy atom. The molecule has 0 heterocycles. The zero-order valence-electron chi connectivity index (χ0n) is 21.1. The number of hydrogen-bond donors (Lipinski definition) is 1. The molecule has 1 aromatic carbocycles. The van der Waals surface area contributed by atoms with Crippen molar-refractivity contribution in [2.75, 3.05) is 7.11 Å². The van der Waals surface area contributed by atoms with Crippen LogP contribution in [0.3, 0.4) is 0 Å². The number of methoxy groups -OCH3 is 1. The van der Waals surface area contributed by atoms with E-state index in [4.69, 9.17) is 26.8 Å². The summed E-state index contributed by atoms with van der Waals surface area (Å²) in [4.78, 5) is 4.95. The molecule has 3 saturated carbocycles. The van der Waals surface area contributed by atoms with Gasteiger partial charge in [-0.1, -0.05) is 71.1 Å². The van der Waals surface area contributed by atoms with Gasteiger partial charge in [0.1, 0.15) is 11.5 Å². The van der Waals surface area contributed by atoms with Crippen LogP contribution in [0.15, 0.2) is 17.1 Å². The number of aromatic hydroxyl groups is 1. The van der Waals surface area contributed by atoms with E-state index in [1.54, 1.807) is 7.11 Å². The molecule has 3 nitrogen and oxygen atoms in total. The summed E-state index contributed by atoms with van der Waals surface area (Å²) in [6.45, 7) is 2.32. The first kappa shape index (κ1) is 28.5. The number of rotatable bonds is 6. The van der Waals surface area contributed by atoms with E-state index in [2.05, 4.69) is 13.0 Å². The van der Waals surface area contributed by atoms with Crippen LogP contribution in [0, 0.1) is 11.8 Å². The average molecular weight is 588 g/mol. The summed E-state index contributed by atoms with van der Waals surface area (Å²) in [5.74, 6) is 2.76. The number of phenols is 1. The summed E-state index contributed by atoms with van der Waals surface area (Å²) in [5, 5.41) is 11.5. The first-order valence-electron chi connectivity index (χ1n) is 13.4. The van der Waals surface area contributed by atoms with E-state index in [1.807, 2.05) is 12.3 Å². The molecule has 3 aliphatic carbocycles. The minimum absolute atomic E-state index is 0.0968. The predicted molar refractivity (Wildman–Crippen MR) is 141 cm³/mol. The molecule has 0 bridgehead atoms. The molecule has 190 valence electrons. The molecule has 6 heteroatoms. The van der Waals surface area contributed by atoms with Gasteiger partial charge in [0.05, 0.1) is 13.2 Å². The molecule has 2 atom stereocenters. The molecule has 4 rings (SSSR count). The van der Waals surface area contributed by atoms with Gasteiger partial charge in [-0.3, -0.25) is 4.99 Å². The normalized spacial score (nSPS) is 25.4. The van der Waals surface area contributed by atoms with Crippen molar-refractivity contribution in [1.29, 1.82) is 0 Å². The van der Waals surface area contributed by atoms with Crippen molar-refractivity contribution in [1.82, 2.24) is 0 Å². The van der Waals surface area contributed by atoms with Crippen molar-refractivity contribution in [3.05, 3.63) is 23.3 Å². The van der Waals surface area contributed by atoms with Crippen molar-refractivity contribution < 1.29 is 30.7 Å². The molecule has 34 heavy (non-hydrogen) atoms. The van der Waals surface area contributed by atoms with Gasteiger partial charge < -0.3 is 9.84 Å². The average Bonchev–Trinajstić information content (AvgIpc) is 2.86. The van der Waals surface area contributed by atoms with E-state index in [0.717, 1.165) is 22.8 Å². The third-order valence-corrected chi connectivity index (χ3v) is 8.61. The van der Waals surface area contributed by atoms with Gasteiger partial charge in [0.25, 0.3) is 0 Å². The van der Waals surface area contributed by atoms with Gasteiger partial charge in [0.2, 0.25) is 0 Å². The first-order valence-corrected chi connectivity index (χ1v) is 19.8. The second-order valence-corrected chi connectivity index (χ2v) is 14.6. The Hall–Kier alpha value is -0.0469. The van der Waals surface area contributed by atoms with Gasteiger partial charge in [0, 0.05) is 17.3 Å². The van der Waals surface area contributed by atoms with Gasteiger partial charge in [-0.15, -0.1) is 0 Å². The fraction of sp³-hybridized carbons (Fsp3) is 0.750. The summed E-state index contributed by atoms with van der Waals surface area (Å²) >= 11 is -0.826. The molecule has 0 radical (unpaired) electrons. The van der Waals surface area contributed by atoms with E-state index in [9.17, 15) is 5.11 Å². The quantitative estimate of drug-likeness (QED) is 0.338. The van der Waals surface area contributed by atoms with Crippen LogP contribution in [0.25, 0.3) is 0 Å². The zero-order valence-corrected chi connectivity index (χ0v) is 25.1. The van der Waals surface area contributed by atoms with E-state index in [-0.39, 0.29) is 5.41 Å². The zero-order chi connectivity index (χ0) is 24.4. The number of phenolic OH excluding ortho intramolecular Hbond substituents is 1. The third kappa shape index (κ3) is 7.72. The Balaban J connectivity index is 0.00000103. The maximum atomic E-state index is 11.5. The SMILES string of the molecule is COc1cc(C=NC2CCCCC2C)c(O)c(C2(CC3CCCCC3)CCCCC2)c1.[Cl][Zr][Cl]. The second-order valence-electron chi connectivity index (χ2n) is 10.8. The first-order chi connectivity index (χ1) is 16.5. The van der Waals surface area contributed by atoms with Crippen LogP contribution in [0.1, 0.15) is 114 Å². The molecule has 3 fully saturated rings. The maximum absolute atomic E-state index is 11.5. The standard InChI is InChI=1S/C28H43NO2.2ClH.Zr/c1-21-11-7-8-14-26(21)29-20-23-17-24(31-2)18-25(27(23)30)28(15-9-4-10-16-28)19-22-12-5-3-6-13-22;;;/h17-18,20-22,26,30H,3-16,19H2,1-2H3;2*1H;/q;;;+2/p-2. The van der Waals surface area contributed by atoms with Crippen LogP contribution in [0.5, 0.6) is 11.5 Å². The summed E-state index contributed by atoms with van der Waals surface area (Å²) in [6.07, 6.45) is 21.3. The Morgan fingerprint density at radius 2 is 1.62 bits per heavy atom. The van der Waals surface area contributed by atoms with Crippen LogP contribution in [-0.2, 0) is 26.3 Å². The summed E-state index contributed by atoms with van der Waals surface area (Å²) < 4.78 is 5.72.